The number of nitrogens with one attached hydrogen (secondary N) is 2. The van der Waals surface area contributed by atoms with Gasteiger partial charge in [0.05, 0.1) is 6.54 Å². The molecule has 0 radical (unpaired) electrons. The number of hydrogen-bond donors (Lipinski definition) is 2. The van der Waals surface area contributed by atoms with Crippen LogP contribution in [0.3, 0.4) is 0 Å². The first kappa shape index (κ1) is 16.4. The summed E-state index contributed by atoms with van der Waals surface area (Å²) in [6.07, 6.45) is 0. The third-order valence-electron chi connectivity index (χ3n) is 4.10. The molecule has 0 unspecified atom stereocenters. The lowest BCUT2D eigenvalue weighted by atomic mass is 10.2. The Hall–Kier alpha value is -3.09. The summed E-state index contributed by atoms with van der Waals surface area (Å²) in [5.74, 6) is 3.88. The number of aliphatic imine (C=N–C) groups is 1. The predicted octanol–water partition coefficient (Wildman–Crippen LogP) is 2.40. The Bertz CT molecular complexity index is 822. The Labute approximate surface area is 151 Å². The second-order valence-corrected chi connectivity index (χ2v) is 5.92. The van der Waals surface area contributed by atoms with Crippen molar-refractivity contribution in [2.75, 3.05) is 20.1 Å². The highest BCUT2D eigenvalue weighted by Crippen LogP contribution is 2.33. The third kappa shape index (κ3) is 3.61. The second-order valence-electron chi connectivity index (χ2n) is 5.92. The van der Waals surface area contributed by atoms with Gasteiger partial charge < -0.3 is 29.6 Å². The van der Waals surface area contributed by atoms with Gasteiger partial charge in [-0.05, 0) is 42.3 Å². The smallest absolute Gasteiger partial charge is 0.231 e. The first-order chi connectivity index (χ1) is 12.8. The Morgan fingerprint density at radius 2 is 1.46 bits per heavy atom. The van der Waals surface area contributed by atoms with Crippen LogP contribution in [0.5, 0.6) is 23.0 Å². The fraction of sp³-hybridized carbons (Fsp3) is 0.316. The number of rotatable bonds is 5. The van der Waals surface area contributed by atoms with Gasteiger partial charge in [-0.1, -0.05) is 12.1 Å². The summed E-state index contributed by atoms with van der Waals surface area (Å²) >= 11 is 0. The first-order valence-electron chi connectivity index (χ1n) is 8.61. The largest absolute Gasteiger partial charge is 0.454 e. The van der Waals surface area contributed by atoms with Crippen molar-refractivity contribution < 1.29 is 18.9 Å². The van der Waals surface area contributed by atoms with Crippen LogP contribution < -0.4 is 29.6 Å². The van der Waals surface area contributed by atoms with Crippen LogP contribution in [0.15, 0.2) is 41.4 Å². The molecule has 26 heavy (non-hydrogen) atoms. The Balaban J connectivity index is 1.39. The van der Waals surface area contributed by atoms with E-state index in [9.17, 15) is 0 Å². The van der Waals surface area contributed by atoms with Crippen molar-refractivity contribution in [2.45, 2.75) is 20.0 Å². The van der Waals surface area contributed by atoms with Crippen LogP contribution in [-0.2, 0) is 13.1 Å². The molecular formula is C19H21N3O4. The maximum absolute atomic E-state index is 5.42. The monoisotopic (exact) mass is 355 g/mol. The molecule has 0 atom stereocenters. The average molecular weight is 355 g/mol. The Morgan fingerprint density at radius 3 is 2.15 bits per heavy atom. The number of benzene rings is 2. The van der Waals surface area contributed by atoms with E-state index in [1.165, 1.54) is 0 Å². The number of hydrogen-bond acceptors (Lipinski definition) is 5. The molecule has 2 aliphatic heterocycles. The minimum atomic E-state index is 0.280. The highest BCUT2D eigenvalue weighted by molar-refractivity contribution is 5.79. The Morgan fingerprint density at radius 1 is 0.846 bits per heavy atom. The van der Waals surface area contributed by atoms with Crippen LogP contribution in [0.4, 0.5) is 0 Å². The molecule has 0 aliphatic carbocycles. The fourth-order valence-corrected chi connectivity index (χ4v) is 2.79. The summed E-state index contributed by atoms with van der Waals surface area (Å²) in [7, 11) is 0. The number of ether oxygens (including phenoxy) is 4. The summed E-state index contributed by atoms with van der Waals surface area (Å²) in [6, 6.07) is 11.8. The number of fused-ring (bicyclic) bond motifs is 2. The summed E-state index contributed by atoms with van der Waals surface area (Å²) in [5.41, 5.74) is 2.16. The Kier molecular flexibility index (Phi) is 4.68. The lowest BCUT2D eigenvalue weighted by Crippen LogP contribution is -2.36. The molecule has 2 aromatic carbocycles. The lowest BCUT2D eigenvalue weighted by molar-refractivity contribution is 0.173. The zero-order valence-electron chi connectivity index (χ0n) is 14.6. The summed E-state index contributed by atoms with van der Waals surface area (Å²) in [4.78, 5) is 4.64. The van der Waals surface area contributed by atoms with Crippen molar-refractivity contribution in [1.82, 2.24) is 10.6 Å². The molecule has 0 saturated carbocycles. The molecule has 0 amide bonds. The lowest BCUT2D eigenvalue weighted by Gasteiger charge is -2.12. The summed E-state index contributed by atoms with van der Waals surface area (Å²) < 4.78 is 21.5. The van der Waals surface area contributed by atoms with Gasteiger partial charge in [-0.3, -0.25) is 0 Å². The first-order valence-corrected chi connectivity index (χ1v) is 8.61. The molecule has 136 valence electrons. The zero-order chi connectivity index (χ0) is 17.8. The quantitative estimate of drug-likeness (QED) is 0.634. The normalized spacial score (nSPS) is 14.4. The van der Waals surface area contributed by atoms with Gasteiger partial charge in [0.25, 0.3) is 0 Å². The molecule has 0 bridgehead atoms. The molecular weight excluding hydrogens is 334 g/mol. The van der Waals surface area contributed by atoms with E-state index in [0.717, 1.165) is 46.6 Å². The molecule has 2 heterocycles. The van der Waals surface area contributed by atoms with Crippen LogP contribution >= 0.6 is 0 Å². The molecule has 7 heteroatoms. The van der Waals surface area contributed by atoms with Crippen LogP contribution in [-0.4, -0.2) is 26.1 Å². The average Bonchev–Trinajstić information content (AvgIpc) is 3.31. The summed E-state index contributed by atoms with van der Waals surface area (Å²) in [5, 5.41) is 6.59. The number of guanidine groups is 1. The van der Waals surface area contributed by atoms with Crippen molar-refractivity contribution in [3.63, 3.8) is 0 Å². The molecule has 2 aliphatic rings. The molecule has 4 rings (SSSR count). The van der Waals surface area contributed by atoms with Crippen molar-refractivity contribution in [3.05, 3.63) is 47.5 Å². The van der Waals surface area contributed by atoms with Crippen LogP contribution in [0.1, 0.15) is 18.1 Å². The van der Waals surface area contributed by atoms with Gasteiger partial charge in [0.2, 0.25) is 13.6 Å². The molecule has 2 N–H and O–H groups in total. The highest BCUT2D eigenvalue weighted by atomic mass is 16.7. The van der Waals surface area contributed by atoms with Crippen LogP contribution in [0.25, 0.3) is 0 Å². The van der Waals surface area contributed by atoms with Crippen molar-refractivity contribution >= 4 is 5.96 Å². The molecule has 0 saturated heterocycles. The highest BCUT2D eigenvalue weighted by Gasteiger charge is 2.14. The molecule has 0 spiro atoms. The topological polar surface area (TPSA) is 73.3 Å². The van der Waals surface area contributed by atoms with E-state index >= 15 is 0 Å². The molecule has 0 fully saturated rings. The second kappa shape index (κ2) is 7.43. The van der Waals surface area contributed by atoms with E-state index in [0.29, 0.717) is 13.1 Å². The van der Waals surface area contributed by atoms with E-state index in [-0.39, 0.29) is 13.6 Å². The van der Waals surface area contributed by atoms with E-state index in [1.807, 2.05) is 43.3 Å². The van der Waals surface area contributed by atoms with Gasteiger partial charge in [0.1, 0.15) is 0 Å². The predicted molar refractivity (Wildman–Crippen MR) is 96.8 cm³/mol. The van der Waals surface area contributed by atoms with Crippen LogP contribution in [0, 0.1) is 0 Å². The standard InChI is InChI=1S/C19H21N3O4/c1-2-20-19(21-9-13-3-5-15-17(7-13)25-11-23-15)22-10-14-4-6-16-18(8-14)26-12-24-16/h3-8H,2,9-12H2,1H3,(H2,20,21,22). The maximum atomic E-state index is 5.42. The van der Waals surface area contributed by atoms with Gasteiger partial charge in [-0.15, -0.1) is 0 Å². The van der Waals surface area contributed by atoms with Gasteiger partial charge in [-0.25, -0.2) is 4.99 Å². The zero-order valence-corrected chi connectivity index (χ0v) is 14.6. The van der Waals surface area contributed by atoms with E-state index in [4.69, 9.17) is 18.9 Å². The molecule has 2 aromatic rings. The minimum Gasteiger partial charge on any atom is -0.454 e. The van der Waals surface area contributed by atoms with E-state index in [1.54, 1.807) is 0 Å². The minimum absolute atomic E-state index is 0.280. The summed E-state index contributed by atoms with van der Waals surface area (Å²) in [6.45, 7) is 4.58. The SMILES string of the molecule is CCNC(=NCc1ccc2c(c1)OCO2)NCc1ccc2c(c1)OCO2. The van der Waals surface area contributed by atoms with Crippen LogP contribution in [0.2, 0.25) is 0 Å². The molecule has 7 nitrogen and oxygen atoms in total. The van der Waals surface area contributed by atoms with Gasteiger partial charge >= 0.3 is 0 Å². The van der Waals surface area contributed by atoms with Crippen molar-refractivity contribution in [1.29, 1.82) is 0 Å². The maximum Gasteiger partial charge on any atom is 0.231 e. The number of nitrogens with zero attached hydrogens (tertiary/aromatic N) is 1. The van der Waals surface area contributed by atoms with E-state index in [2.05, 4.69) is 15.6 Å². The third-order valence-corrected chi connectivity index (χ3v) is 4.10. The molecule has 0 aromatic heterocycles. The van der Waals surface area contributed by atoms with Gasteiger partial charge in [0, 0.05) is 13.1 Å². The fourth-order valence-electron chi connectivity index (χ4n) is 2.79. The van der Waals surface area contributed by atoms with Crippen molar-refractivity contribution in [3.8, 4) is 23.0 Å². The van der Waals surface area contributed by atoms with Crippen molar-refractivity contribution in [2.24, 2.45) is 4.99 Å². The van der Waals surface area contributed by atoms with Gasteiger partial charge in [0.15, 0.2) is 29.0 Å². The van der Waals surface area contributed by atoms with E-state index < -0.39 is 0 Å². The van der Waals surface area contributed by atoms with Gasteiger partial charge in [-0.2, -0.15) is 0 Å².